The lowest BCUT2D eigenvalue weighted by Crippen LogP contribution is -2.47. The van der Waals surface area contributed by atoms with Crippen LogP contribution < -0.4 is 11.1 Å². The van der Waals surface area contributed by atoms with Gasteiger partial charge in [-0.25, -0.2) is 0 Å². The number of nitrogens with one attached hydrogen (secondary N) is 1. The van der Waals surface area contributed by atoms with Gasteiger partial charge in [0, 0.05) is 11.4 Å². The third-order valence-corrected chi connectivity index (χ3v) is 4.33. The summed E-state index contributed by atoms with van der Waals surface area (Å²) in [5.74, 6) is -0.484. The molecule has 0 aromatic carbocycles. The molecule has 1 aromatic rings. The number of hydrogen-bond acceptors (Lipinski definition) is 4. The Kier molecular flexibility index (Phi) is 7.58. The molecule has 22 heavy (non-hydrogen) atoms. The number of carbonyl (C=O) groups is 2. The Morgan fingerprint density at radius 3 is 2.68 bits per heavy atom. The Balaban J connectivity index is 2.58. The fraction of sp³-hybridized carbons (Fsp3) is 0.467. The van der Waals surface area contributed by atoms with Crippen molar-refractivity contribution < 1.29 is 9.59 Å². The van der Waals surface area contributed by atoms with E-state index in [1.54, 1.807) is 17.0 Å². The smallest absolute Gasteiger partial charge is 0.242 e. The van der Waals surface area contributed by atoms with Crippen molar-refractivity contribution in [2.75, 3.05) is 13.1 Å². The van der Waals surface area contributed by atoms with Gasteiger partial charge in [0.15, 0.2) is 0 Å². The fourth-order valence-electron chi connectivity index (χ4n) is 1.73. The second kappa shape index (κ2) is 8.92. The molecule has 1 heterocycles. The van der Waals surface area contributed by atoms with Crippen LogP contribution in [0.25, 0.3) is 0 Å². The van der Waals surface area contributed by atoms with Crippen molar-refractivity contribution in [2.45, 2.75) is 26.4 Å². The van der Waals surface area contributed by atoms with Crippen molar-refractivity contribution >= 4 is 34.8 Å². The summed E-state index contributed by atoms with van der Waals surface area (Å²) in [5, 5.41) is 2.58. The largest absolute Gasteiger partial charge is 0.346 e. The number of rotatable bonds is 8. The molecule has 7 heteroatoms. The van der Waals surface area contributed by atoms with E-state index in [-0.39, 0.29) is 24.3 Å². The van der Waals surface area contributed by atoms with Crippen molar-refractivity contribution in [1.29, 1.82) is 0 Å². The Morgan fingerprint density at radius 1 is 1.50 bits per heavy atom. The number of carbonyl (C=O) groups excluding carboxylic acids is 2. The van der Waals surface area contributed by atoms with Crippen LogP contribution in [0.3, 0.4) is 0 Å². The molecule has 0 aliphatic carbocycles. The summed E-state index contributed by atoms with van der Waals surface area (Å²) in [6.45, 7) is 8.13. The van der Waals surface area contributed by atoms with E-state index < -0.39 is 6.04 Å². The average molecular weight is 344 g/mol. The molecular formula is C15H22ClN3O2S. The molecule has 0 unspecified atom stereocenters. The molecule has 1 aromatic heterocycles. The number of nitrogens with two attached hydrogens (primary N) is 1. The maximum atomic E-state index is 12.2. The molecule has 5 nitrogen and oxygen atoms in total. The summed E-state index contributed by atoms with van der Waals surface area (Å²) in [4.78, 5) is 26.6. The van der Waals surface area contributed by atoms with E-state index in [9.17, 15) is 9.59 Å². The first-order valence-corrected chi connectivity index (χ1v) is 8.20. The Bertz CT molecular complexity index is 531. The highest BCUT2D eigenvalue weighted by Gasteiger charge is 2.19. The first-order chi connectivity index (χ1) is 10.3. The molecule has 3 N–H and O–H groups in total. The van der Waals surface area contributed by atoms with Crippen LogP contribution >= 0.6 is 22.9 Å². The Hall–Kier alpha value is -1.37. The molecular weight excluding hydrogens is 322 g/mol. The van der Waals surface area contributed by atoms with E-state index in [4.69, 9.17) is 17.3 Å². The second-order valence-electron chi connectivity index (χ2n) is 5.26. The van der Waals surface area contributed by atoms with E-state index in [2.05, 4.69) is 11.9 Å². The standard InChI is InChI=1S/C15H22ClN3O2S/c1-4-7-19(9-11-5-6-12(16)22-11)13(20)8-18-15(21)14(17)10(2)3/h4-6,10,14H,1,7-9,17H2,2-3H3,(H,18,21)/t14-/m0/s1. The normalized spacial score (nSPS) is 12.0. The molecule has 0 bridgehead atoms. The summed E-state index contributed by atoms with van der Waals surface area (Å²) >= 11 is 7.31. The van der Waals surface area contributed by atoms with Crippen LogP contribution in [-0.2, 0) is 16.1 Å². The molecule has 2 amide bonds. The van der Waals surface area contributed by atoms with Gasteiger partial charge in [0.05, 0.1) is 23.5 Å². The zero-order valence-electron chi connectivity index (χ0n) is 12.8. The molecule has 1 atom stereocenters. The minimum absolute atomic E-state index is 0.0210. The summed E-state index contributed by atoms with van der Waals surface area (Å²) < 4.78 is 0.678. The molecule has 0 aliphatic rings. The predicted molar refractivity (Wildman–Crippen MR) is 90.8 cm³/mol. The van der Waals surface area contributed by atoms with Crippen LogP contribution in [0, 0.1) is 5.92 Å². The van der Waals surface area contributed by atoms with Gasteiger partial charge in [0.1, 0.15) is 0 Å². The van der Waals surface area contributed by atoms with Crippen LogP contribution in [0.2, 0.25) is 4.34 Å². The van der Waals surface area contributed by atoms with Crippen LogP contribution in [-0.4, -0.2) is 35.8 Å². The molecule has 0 fully saturated rings. The second-order valence-corrected chi connectivity index (χ2v) is 7.06. The summed E-state index contributed by atoms with van der Waals surface area (Å²) in [6, 6.07) is 3.06. The van der Waals surface area contributed by atoms with Gasteiger partial charge in [-0.05, 0) is 18.1 Å². The quantitative estimate of drug-likeness (QED) is 0.709. The molecule has 122 valence electrons. The Morgan fingerprint density at radius 2 is 2.18 bits per heavy atom. The van der Waals surface area contributed by atoms with Crippen LogP contribution in [0.1, 0.15) is 18.7 Å². The molecule has 0 saturated carbocycles. The first kappa shape index (κ1) is 18.7. The molecule has 1 rings (SSSR count). The predicted octanol–water partition coefficient (Wildman–Crippen LogP) is 2.02. The van der Waals surface area contributed by atoms with Crippen LogP contribution in [0.4, 0.5) is 0 Å². The lowest BCUT2D eigenvalue weighted by molar-refractivity contribution is -0.133. The first-order valence-electron chi connectivity index (χ1n) is 7.01. The van der Waals surface area contributed by atoms with Gasteiger partial charge in [0.25, 0.3) is 0 Å². The SMILES string of the molecule is C=CCN(Cc1ccc(Cl)s1)C(=O)CNC(=O)[C@@H](N)C(C)C. The van der Waals surface area contributed by atoms with Crippen molar-refractivity contribution in [3.8, 4) is 0 Å². The van der Waals surface area contributed by atoms with Gasteiger partial charge in [-0.2, -0.15) is 0 Å². The van der Waals surface area contributed by atoms with Crippen molar-refractivity contribution in [1.82, 2.24) is 10.2 Å². The molecule has 0 saturated heterocycles. The van der Waals surface area contributed by atoms with Crippen LogP contribution in [0.15, 0.2) is 24.8 Å². The van der Waals surface area contributed by atoms with E-state index in [0.29, 0.717) is 17.4 Å². The van der Waals surface area contributed by atoms with Gasteiger partial charge >= 0.3 is 0 Å². The highest BCUT2D eigenvalue weighted by atomic mass is 35.5. The Labute approximate surface area is 140 Å². The lowest BCUT2D eigenvalue weighted by Gasteiger charge is -2.21. The minimum atomic E-state index is -0.614. The summed E-state index contributed by atoms with van der Waals surface area (Å²) in [5.41, 5.74) is 5.74. The van der Waals surface area contributed by atoms with Gasteiger partial charge < -0.3 is 16.0 Å². The van der Waals surface area contributed by atoms with E-state index >= 15 is 0 Å². The monoisotopic (exact) mass is 343 g/mol. The van der Waals surface area contributed by atoms with Gasteiger partial charge in [-0.15, -0.1) is 17.9 Å². The van der Waals surface area contributed by atoms with E-state index in [1.165, 1.54) is 11.3 Å². The van der Waals surface area contributed by atoms with Gasteiger partial charge in [-0.1, -0.05) is 31.5 Å². The van der Waals surface area contributed by atoms with E-state index in [0.717, 1.165) is 4.88 Å². The number of amides is 2. The molecule has 0 radical (unpaired) electrons. The maximum absolute atomic E-state index is 12.2. The van der Waals surface area contributed by atoms with Gasteiger partial charge in [-0.3, -0.25) is 9.59 Å². The number of hydrogen-bond donors (Lipinski definition) is 2. The van der Waals surface area contributed by atoms with Gasteiger partial charge in [0.2, 0.25) is 11.8 Å². The lowest BCUT2D eigenvalue weighted by atomic mass is 10.1. The van der Waals surface area contributed by atoms with Crippen LogP contribution in [0.5, 0.6) is 0 Å². The highest BCUT2D eigenvalue weighted by molar-refractivity contribution is 7.16. The fourth-order valence-corrected chi connectivity index (χ4v) is 2.83. The number of nitrogens with zero attached hydrogens (tertiary/aromatic N) is 1. The van der Waals surface area contributed by atoms with E-state index in [1.807, 2.05) is 19.9 Å². The number of thiophene rings is 1. The minimum Gasteiger partial charge on any atom is -0.346 e. The topological polar surface area (TPSA) is 75.4 Å². The summed E-state index contributed by atoms with van der Waals surface area (Å²) in [6.07, 6.45) is 1.65. The third-order valence-electron chi connectivity index (χ3n) is 3.11. The third kappa shape index (κ3) is 5.79. The van der Waals surface area contributed by atoms with Crippen molar-refractivity contribution in [2.24, 2.45) is 11.7 Å². The molecule has 0 spiro atoms. The molecule has 0 aliphatic heterocycles. The average Bonchev–Trinajstić information content (AvgIpc) is 2.88. The zero-order chi connectivity index (χ0) is 16.7. The van der Waals surface area contributed by atoms with Crippen molar-refractivity contribution in [3.63, 3.8) is 0 Å². The highest BCUT2D eigenvalue weighted by Crippen LogP contribution is 2.22. The maximum Gasteiger partial charge on any atom is 0.242 e. The van der Waals surface area contributed by atoms with Crippen molar-refractivity contribution in [3.05, 3.63) is 34.0 Å². The summed E-state index contributed by atoms with van der Waals surface area (Å²) in [7, 11) is 0. The zero-order valence-corrected chi connectivity index (χ0v) is 14.4. The number of halogens is 1.